The van der Waals surface area contributed by atoms with Crippen LogP contribution in [-0.2, 0) is 6.42 Å². The van der Waals surface area contributed by atoms with Gasteiger partial charge in [-0.05, 0) is 66.6 Å². The third-order valence-corrected chi connectivity index (χ3v) is 5.67. The average molecular weight is 362 g/mol. The maximum absolute atomic E-state index is 13.2. The van der Waals surface area contributed by atoms with Gasteiger partial charge >= 0.3 is 0 Å². The molecule has 0 radical (unpaired) electrons. The number of fused-ring (bicyclic) bond motifs is 1. The summed E-state index contributed by atoms with van der Waals surface area (Å²) in [7, 11) is 0. The minimum absolute atomic E-state index is 0.140. The van der Waals surface area contributed by atoms with Gasteiger partial charge in [-0.2, -0.15) is 5.10 Å². The lowest BCUT2D eigenvalue weighted by atomic mass is 9.70. The molecule has 0 saturated heterocycles. The summed E-state index contributed by atoms with van der Waals surface area (Å²) in [6, 6.07) is 16.2. The van der Waals surface area contributed by atoms with Crippen LogP contribution in [0.5, 0.6) is 0 Å². The van der Waals surface area contributed by atoms with E-state index in [2.05, 4.69) is 25.0 Å². The predicted molar refractivity (Wildman–Crippen MR) is 105 cm³/mol. The molecule has 1 N–H and O–H groups in total. The van der Waals surface area contributed by atoms with E-state index in [1.165, 1.54) is 17.7 Å². The van der Waals surface area contributed by atoms with E-state index in [1.807, 2.05) is 41.2 Å². The van der Waals surface area contributed by atoms with Crippen LogP contribution in [0, 0.1) is 11.2 Å². The van der Waals surface area contributed by atoms with E-state index in [0.29, 0.717) is 6.42 Å². The largest absolute Gasteiger partial charge is 0.388 e. The second kappa shape index (κ2) is 6.78. The van der Waals surface area contributed by atoms with Crippen LogP contribution < -0.4 is 0 Å². The van der Waals surface area contributed by atoms with Crippen LogP contribution in [0.1, 0.15) is 43.2 Å². The summed E-state index contributed by atoms with van der Waals surface area (Å²) in [5.74, 6) is -0.256. The van der Waals surface area contributed by atoms with Crippen LogP contribution in [0.2, 0.25) is 0 Å². The SMILES string of the molecule is CC1=Cc2c(cnn2-c2ccc(F)cc2)C[C@]1(C)CC(O)c1ccccc1. The molecule has 1 aliphatic carbocycles. The number of hydrogen-bond donors (Lipinski definition) is 1. The molecule has 2 aromatic carbocycles. The lowest BCUT2D eigenvalue weighted by molar-refractivity contribution is 0.121. The summed E-state index contributed by atoms with van der Waals surface area (Å²) in [5, 5.41) is 15.3. The van der Waals surface area contributed by atoms with Gasteiger partial charge in [-0.15, -0.1) is 0 Å². The molecule has 1 heterocycles. The van der Waals surface area contributed by atoms with Crippen molar-refractivity contribution >= 4 is 6.08 Å². The molecular formula is C23H23FN2O. The summed E-state index contributed by atoms with van der Waals surface area (Å²) in [5.41, 5.74) is 5.04. The van der Waals surface area contributed by atoms with E-state index in [0.717, 1.165) is 28.9 Å². The fourth-order valence-electron chi connectivity index (χ4n) is 3.86. The Balaban J connectivity index is 1.63. The Bertz CT molecular complexity index is 975. The van der Waals surface area contributed by atoms with Crippen molar-refractivity contribution in [3.8, 4) is 5.69 Å². The van der Waals surface area contributed by atoms with E-state index >= 15 is 0 Å². The number of halogens is 1. The predicted octanol–water partition coefficient (Wildman–Crippen LogP) is 5.10. The second-order valence-corrected chi connectivity index (χ2v) is 7.64. The lowest BCUT2D eigenvalue weighted by Crippen LogP contribution is -2.27. The summed E-state index contributed by atoms with van der Waals surface area (Å²) in [6.07, 6.45) is 4.99. The molecule has 1 aromatic heterocycles. The third kappa shape index (κ3) is 3.33. The Morgan fingerprint density at radius 2 is 1.85 bits per heavy atom. The first-order valence-corrected chi connectivity index (χ1v) is 9.21. The normalized spacial score (nSPS) is 20.1. The summed E-state index contributed by atoms with van der Waals surface area (Å²) < 4.78 is 15.1. The maximum Gasteiger partial charge on any atom is 0.123 e. The molecule has 4 heteroatoms. The molecular weight excluding hydrogens is 339 g/mol. The monoisotopic (exact) mass is 362 g/mol. The van der Waals surface area contributed by atoms with Gasteiger partial charge in [0.25, 0.3) is 0 Å². The third-order valence-electron chi connectivity index (χ3n) is 5.67. The minimum Gasteiger partial charge on any atom is -0.388 e. The molecule has 2 atom stereocenters. The number of nitrogens with zero attached hydrogens (tertiary/aromatic N) is 2. The number of allylic oxidation sites excluding steroid dienone is 1. The molecule has 0 aliphatic heterocycles. The van der Waals surface area contributed by atoms with Crippen molar-refractivity contribution < 1.29 is 9.50 Å². The molecule has 0 amide bonds. The molecule has 0 bridgehead atoms. The number of hydrogen-bond acceptors (Lipinski definition) is 2. The average Bonchev–Trinajstić information content (AvgIpc) is 3.05. The highest BCUT2D eigenvalue weighted by molar-refractivity contribution is 5.60. The van der Waals surface area contributed by atoms with Crippen molar-refractivity contribution in [2.45, 2.75) is 32.8 Å². The van der Waals surface area contributed by atoms with Gasteiger partial charge in [0.1, 0.15) is 5.82 Å². The Morgan fingerprint density at radius 3 is 2.56 bits per heavy atom. The molecule has 4 rings (SSSR count). The van der Waals surface area contributed by atoms with Crippen LogP contribution in [-0.4, -0.2) is 14.9 Å². The zero-order chi connectivity index (χ0) is 19.0. The summed E-state index contributed by atoms with van der Waals surface area (Å²) >= 11 is 0. The molecule has 0 saturated carbocycles. The number of aromatic nitrogens is 2. The van der Waals surface area contributed by atoms with Gasteiger partial charge in [0, 0.05) is 0 Å². The van der Waals surface area contributed by atoms with Crippen LogP contribution in [0.25, 0.3) is 11.8 Å². The van der Waals surface area contributed by atoms with Crippen molar-refractivity contribution in [1.82, 2.24) is 9.78 Å². The molecule has 0 fully saturated rings. The van der Waals surface area contributed by atoms with E-state index in [4.69, 9.17) is 0 Å². The van der Waals surface area contributed by atoms with Gasteiger partial charge in [0.15, 0.2) is 0 Å². The smallest absolute Gasteiger partial charge is 0.123 e. The second-order valence-electron chi connectivity index (χ2n) is 7.64. The van der Waals surface area contributed by atoms with Crippen LogP contribution >= 0.6 is 0 Å². The van der Waals surface area contributed by atoms with Crippen molar-refractivity contribution in [1.29, 1.82) is 0 Å². The standard InChI is InChI=1S/C23H23FN2O/c1-16-12-21-18(15-25-26(21)20-10-8-19(24)9-11-20)13-23(16,2)14-22(27)17-6-4-3-5-7-17/h3-12,15,22,27H,13-14H2,1-2H3/t22?,23-/m1/s1. The maximum atomic E-state index is 13.2. The fraction of sp³-hybridized carbons (Fsp3) is 0.261. The highest BCUT2D eigenvalue weighted by atomic mass is 19.1. The zero-order valence-electron chi connectivity index (χ0n) is 15.6. The number of rotatable bonds is 4. The molecule has 3 nitrogen and oxygen atoms in total. The van der Waals surface area contributed by atoms with Crippen LogP contribution in [0.15, 0.2) is 66.4 Å². The van der Waals surface area contributed by atoms with Gasteiger partial charge < -0.3 is 5.11 Å². The van der Waals surface area contributed by atoms with Crippen LogP contribution in [0.3, 0.4) is 0 Å². The van der Waals surface area contributed by atoms with Gasteiger partial charge in [0.05, 0.1) is 23.7 Å². The quantitative estimate of drug-likeness (QED) is 0.701. The van der Waals surface area contributed by atoms with E-state index in [9.17, 15) is 9.50 Å². The first-order chi connectivity index (χ1) is 13.0. The van der Waals surface area contributed by atoms with Gasteiger partial charge in [0.2, 0.25) is 0 Å². The van der Waals surface area contributed by atoms with Gasteiger partial charge in [-0.3, -0.25) is 0 Å². The molecule has 1 unspecified atom stereocenters. The van der Waals surface area contributed by atoms with Crippen molar-refractivity contribution in [3.05, 3.63) is 89.0 Å². The van der Waals surface area contributed by atoms with Crippen molar-refractivity contribution in [2.24, 2.45) is 5.41 Å². The minimum atomic E-state index is -0.506. The molecule has 0 spiro atoms. The Kier molecular flexibility index (Phi) is 4.44. The first kappa shape index (κ1) is 17.7. The van der Waals surface area contributed by atoms with Gasteiger partial charge in [-0.25, -0.2) is 9.07 Å². The molecule has 27 heavy (non-hydrogen) atoms. The topological polar surface area (TPSA) is 38.0 Å². The van der Waals surface area contributed by atoms with E-state index in [-0.39, 0.29) is 11.2 Å². The number of aliphatic hydroxyl groups excluding tert-OH is 1. The Labute approximate surface area is 158 Å². The highest BCUT2D eigenvalue weighted by Crippen LogP contribution is 2.44. The number of aliphatic hydroxyl groups is 1. The lowest BCUT2D eigenvalue weighted by Gasteiger charge is -2.36. The van der Waals surface area contributed by atoms with Crippen LogP contribution in [0.4, 0.5) is 4.39 Å². The molecule has 1 aliphatic rings. The van der Waals surface area contributed by atoms with Crippen molar-refractivity contribution in [2.75, 3.05) is 0 Å². The van der Waals surface area contributed by atoms with E-state index in [1.54, 1.807) is 12.1 Å². The van der Waals surface area contributed by atoms with Gasteiger partial charge in [-0.1, -0.05) is 42.8 Å². The highest BCUT2D eigenvalue weighted by Gasteiger charge is 2.35. The number of benzene rings is 2. The first-order valence-electron chi connectivity index (χ1n) is 9.21. The zero-order valence-corrected chi connectivity index (χ0v) is 15.6. The Morgan fingerprint density at radius 1 is 1.15 bits per heavy atom. The van der Waals surface area contributed by atoms with E-state index < -0.39 is 6.10 Å². The molecule has 3 aromatic rings. The fourth-order valence-corrected chi connectivity index (χ4v) is 3.86. The Hall–Kier alpha value is -2.72. The summed E-state index contributed by atoms with van der Waals surface area (Å²) in [4.78, 5) is 0. The van der Waals surface area contributed by atoms with Crippen molar-refractivity contribution in [3.63, 3.8) is 0 Å². The molecule has 138 valence electrons. The summed E-state index contributed by atoms with van der Waals surface area (Å²) in [6.45, 7) is 4.31.